The van der Waals surface area contributed by atoms with Crippen LogP contribution in [0.1, 0.15) is 24.6 Å². The molecular formula is C14H20N2O2S. The molecule has 1 fully saturated rings. The Morgan fingerprint density at radius 2 is 2.37 bits per heavy atom. The van der Waals surface area contributed by atoms with Crippen molar-refractivity contribution < 1.29 is 9.59 Å². The number of piperidine rings is 1. The number of nitrogens with zero attached hydrogens (tertiary/aromatic N) is 1. The van der Waals surface area contributed by atoms with Gasteiger partial charge >= 0.3 is 0 Å². The molecule has 0 spiro atoms. The molecule has 2 rings (SSSR count). The fraction of sp³-hybridized carbons (Fsp3) is 0.571. The van der Waals surface area contributed by atoms with Gasteiger partial charge in [0, 0.05) is 24.5 Å². The van der Waals surface area contributed by atoms with Crippen LogP contribution in [-0.2, 0) is 16.0 Å². The summed E-state index contributed by atoms with van der Waals surface area (Å²) in [6.07, 6.45) is 2.26. The van der Waals surface area contributed by atoms with Gasteiger partial charge in [0.1, 0.15) is 0 Å². The molecule has 1 aromatic heterocycles. The summed E-state index contributed by atoms with van der Waals surface area (Å²) >= 11 is 1.60. The molecule has 1 unspecified atom stereocenters. The fourth-order valence-corrected chi connectivity index (χ4v) is 3.11. The minimum absolute atomic E-state index is 0.0408. The zero-order valence-electron chi connectivity index (χ0n) is 11.2. The molecule has 1 saturated heterocycles. The highest BCUT2D eigenvalue weighted by molar-refractivity contribution is 7.10. The molecule has 1 N–H and O–H groups in total. The number of nitrogens with one attached hydrogen (secondary N) is 1. The van der Waals surface area contributed by atoms with Crippen LogP contribution >= 0.6 is 11.3 Å². The van der Waals surface area contributed by atoms with Crippen LogP contribution in [0.2, 0.25) is 0 Å². The van der Waals surface area contributed by atoms with Gasteiger partial charge in [-0.05, 0) is 31.2 Å². The number of thiophene rings is 1. The summed E-state index contributed by atoms with van der Waals surface area (Å²) in [4.78, 5) is 27.0. The molecule has 5 heteroatoms. The average Bonchev–Trinajstić information content (AvgIpc) is 2.92. The van der Waals surface area contributed by atoms with Gasteiger partial charge in [-0.2, -0.15) is 0 Å². The van der Waals surface area contributed by atoms with Crippen LogP contribution in [0.4, 0.5) is 0 Å². The third-order valence-corrected chi connectivity index (χ3v) is 4.28. The molecule has 1 aromatic rings. The first kappa shape index (κ1) is 14.1. The zero-order chi connectivity index (χ0) is 13.7. The van der Waals surface area contributed by atoms with E-state index in [0.29, 0.717) is 19.5 Å². The maximum absolute atomic E-state index is 12.2. The van der Waals surface area contributed by atoms with Crippen molar-refractivity contribution in [3.05, 3.63) is 22.4 Å². The lowest BCUT2D eigenvalue weighted by Crippen LogP contribution is -2.45. The van der Waals surface area contributed by atoms with Crippen molar-refractivity contribution >= 4 is 23.2 Å². The second-order valence-electron chi connectivity index (χ2n) is 4.83. The fourth-order valence-electron chi connectivity index (χ4n) is 2.41. The van der Waals surface area contributed by atoms with E-state index in [1.807, 2.05) is 29.3 Å². The third kappa shape index (κ3) is 3.80. The number of hydrogen-bond acceptors (Lipinski definition) is 3. The summed E-state index contributed by atoms with van der Waals surface area (Å²) in [6, 6.07) is 3.94. The van der Waals surface area contributed by atoms with Crippen molar-refractivity contribution in [2.45, 2.75) is 26.2 Å². The summed E-state index contributed by atoms with van der Waals surface area (Å²) < 4.78 is 0. The molecule has 19 heavy (non-hydrogen) atoms. The lowest BCUT2D eigenvalue weighted by Gasteiger charge is -2.32. The monoisotopic (exact) mass is 280 g/mol. The third-order valence-electron chi connectivity index (χ3n) is 3.40. The van der Waals surface area contributed by atoms with E-state index in [2.05, 4.69) is 5.32 Å². The maximum atomic E-state index is 12.2. The molecular weight excluding hydrogens is 260 g/mol. The van der Waals surface area contributed by atoms with Gasteiger partial charge in [0.2, 0.25) is 11.8 Å². The SMILES string of the molecule is CCNC(=O)C1CCCN(C(=O)Cc2cccs2)C1. The molecule has 2 heterocycles. The van der Waals surface area contributed by atoms with E-state index in [1.54, 1.807) is 11.3 Å². The predicted octanol–water partition coefficient (Wildman–Crippen LogP) is 1.67. The normalized spacial score (nSPS) is 19.2. The van der Waals surface area contributed by atoms with Crippen molar-refractivity contribution in [1.82, 2.24) is 10.2 Å². The first-order chi connectivity index (χ1) is 9.20. The van der Waals surface area contributed by atoms with E-state index < -0.39 is 0 Å². The molecule has 0 bridgehead atoms. The minimum Gasteiger partial charge on any atom is -0.356 e. The number of hydrogen-bond donors (Lipinski definition) is 1. The molecule has 2 amide bonds. The first-order valence-electron chi connectivity index (χ1n) is 6.78. The van der Waals surface area contributed by atoms with E-state index in [1.165, 1.54) is 0 Å². The molecule has 0 radical (unpaired) electrons. The second kappa shape index (κ2) is 6.70. The van der Waals surface area contributed by atoms with Crippen LogP contribution in [-0.4, -0.2) is 36.3 Å². The number of carbonyl (C=O) groups excluding carboxylic acids is 2. The molecule has 0 aliphatic carbocycles. The van der Waals surface area contributed by atoms with E-state index in [0.717, 1.165) is 24.3 Å². The number of amides is 2. The highest BCUT2D eigenvalue weighted by atomic mass is 32.1. The van der Waals surface area contributed by atoms with Gasteiger partial charge in [0.15, 0.2) is 0 Å². The van der Waals surface area contributed by atoms with Crippen LogP contribution in [0.3, 0.4) is 0 Å². The van der Waals surface area contributed by atoms with E-state index in [-0.39, 0.29) is 17.7 Å². The Hall–Kier alpha value is -1.36. The van der Waals surface area contributed by atoms with Gasteiger partial charge in [0.05, 0.1) is 12.3 Å². The lowest BCUT2D eigenvalue weighted by molar-refractivity contribution is -0.135. The lowest BCUT2D eigenvalue weighted by atomic mass is 9.97. The van der Waals surface area contributed by atoms with E-state index in [4.69, 9.17) is 0 Å². The summed E-state index contributed by atoms with van der Waals surface area (Å²) in [5, 5.41) is 4.83. The Bertz CT molecular complexity index is 431. The van der Waals surface area contributed by atoms with Gasteiger partial charge in [-0.3, -0.25) is 9.59 Å². The number of carbonyl (C=O) groups is 2. The summed E-state index contributed by atoms with van der Waals surface area (Å²) in [5.74, 6) is 0.175. The Morgan fingerprint density at radius 1 is 1.53 bits per heavy atom. The van der Waals surface area contributed by atoms with Crippen molar-refractivity contribution in [3.8, 4) is 0 Å². The largest absolute Gasteiger partial charge is 0.356 e. The van der Waals surface area contributed by atoms with Crippen molar-refractivity contribution in [2.24, 2.45) is 5.92 Å². The van der Waals surface area contributed by atoms with Crippen molar-refractivity contribution in [2.75, 3.05) is 19.6 Å². The van der Waals surface area contributed by atoms with Crippen molar-refractivity contribution in [3.63, 3.8) is 0 Å². The first-order valence-corrected chi connectivity index (χ1v) is 7.66. The highest BCUT2D eigenvalue weighted by Gasteiger charge is 2.27. The van der Waals surface area contributed by atoms with Gasteiger partial charge in [0.25, 0.3) is 0 Å². The van der Waals surface area contributed by atoms with E-state index in [9.17, 15) is 9.59 Å². The minimum atomic E-state index is -0.0408. The quantitative estimate of drug-likeness (QED) is 0.912. The Balaban J connectivity index is 1.89. The summed E-state index contributed by atoms with van der Waals surface area (Å²) in [5.41, 5.74) is 0. The second-order valence-corrected chi connectivity index (χ2v) is 5.86. The predicted molar refractivity (Wildman–Crippen MR) is 76.0 cm³/mol. The summed E-state index contributed by atoms with van der Waals surface area (Å²) in [6.45, 7) is 3.91. The molecule has 1 atom stereocenters. The topological polar surface area (TPSA) is 49.4 Å². The summed E-state index contributed by atoms with van der Waals surface area (Å²) in [7, 11) is 0. The van der Waals surface area contributed by atoms with Gasteiger partial charge in [-0.1, -0.05) is 6.07 Å². The molecule has 1 aliphatic heterocycles. The van der Waals surface area contributed by atoms with Gasteiger partial charge in [-0.15, -0.1) is 11.3 Å². The number of likely N-dealkylation sites (tertiary alicyclic amines) is 1. The zero-order valence-corrected chi connectivity index (χ0v) is 12.0. The van der Waals surface area contributed by atoms with Crippen LogP contribution in [0.15, 0.2) is 17.5 Å². The smallest absolute Gasteiger partial charge is 0.227 e. The molecule has 4 nitrogen and oxygen atoms in total. The molecule has 0 saturated carbocycles. The Kier molecular flexibility index (Phi) is 4.96. The maximum Gasteiger partial charge on any atom is 0.227 e. The molecule has 1 aliphatic rings. The van der Waals surface area contributed by atoms with Gasteiger partial charge in [-0.25, -0.2) is 0 Å². The number of rotatable bonds is 4. The van der Waals surface area contributed by atoms with Crippen molar-refractivity contribution in [1.29, 1.82) is 0 Å². The standard InChI is InChI=1S/C14H20N2O2S/c1-2-15-14(18)11-5-3-7-16(10-11)13(17)9-12-6-4-8-19-12/h4,6,8,11H,2-3,5,7,9-10H2,1H3,(H,15,18). The molecule has 104 valence electrons. The average molecular weight is 280 g/mol. The van der Waals surface area contributed by atoms with Crippen LogP contribution in [0.25, 0.3) is 0 Å². The van der Waals surface area contributed by atoms with Crippen LogP contribution in [0, 0.1) is 5.92 Å². The Morgan fingerprint density at radius 3 is 3.05 bits per heavy atom. The molecule has 0 aromatic carbocycles. The Labute approximate surface area is 117 Å². The van der Waals surface area contributed by atoms with E-state index >= 15 is 0 Å². The van der Waals surface area contributed by atoms with Crippen LogP contribution in [0.5, 0.6) is 0 Å². The highest BCUT2D eigenvalue weighted by Crippen LogP contribution is 2.18. The van der Waals surface area contributed by atoms with Gasteiger partial charge < -0.3 is 10.2 Å². The van der Waals surface area contributed by atoms with Crippen LogP contribution < -0.4 is 5.32 Å².